The van der Waals surface area contributed by atoms with Crippen LogP contribution in [0.1, 0.15) is 34.1 Å². The highest BCUT2D eigenvalue weighted by molar-refractivity contribution is 6.05. The summed E-state index contributed by atoms with van der Waals surface area (Å²) in [4.78, 5) is 35.0. The highest BCUT2D eigenvalue weighted by Gasteiger charge is 2.31. The summed E-state index contributed by atoms with van der Waals surface area (Å²) in [5.41, 5.74) is 0.432. The smallest absolute Gasteiger partial charge is 0.340 e. The van der Waals surface area contributed by atoms with Crippen molar-refractivity contribution in [3.05, 3.63) is 11.6 Å². The Labute approximate surface area is 113 Å². The standard InChI is InChI=1S/C13H21NO5/c1-5-8-9(4)11(15)14-10(12(16)18-6-2)13(17)19-7-3/h8,10H,5-7H2,1-4H3,(H,14,15). The van der Waals surface area contributed by atoms with Gasteiger partial charge in [0.05, 0.1) is 13.2 Å². The molecule has 0 bridgehead atoms. The average molecular weight is 271 g/mol. The van der Waals surface area contributed by atoms with E-state index in [2.05, 4.69) is 5.32 Å². The SMILES string of the molecule is CCC=C(C)C(=O)NC(C(=O)OCC)C(=O)OCC. The summed E-state index contributed by atoms with van der Waals surface area (Å²) in [7, 11) is 0. The Morgan fingerprint density at radius 1 is 1.05 bits per heavy atom. The van der Waals surface area contributed by atoms with E-state index in [1.165, 1.54) is 0 Å². The molecule has 0 aromatic rings. The molecular formula is C13H21NO5. The summed E-state index contributed by atoms with van der Waals surface area (Å²) in [5, 5.41) is 2.31. The Morgan fingerprint density at radius 2 is 1.53 bits per heavy atom. The molecule has 0 aliphatic rings. The molecule has 0 heterocycles. The molecule has 0 aromatic carbocycles. The molecule has 108 valence electrons. The second-order valence-electron chi connectivity index (χ2n) is 3.71. The number of carbonyl (C=O) groups is 3. The minimum atomic E-state index is -1.42. The van der Waals surface area contributed by atoms with Crippen molar-refractivity contribution in [3.8, 4) is 0 Å². The van der Waals surface area contributed by atoms with Gasteiger partial charge >= 0.3 is 11.9 Å². The Kier molecular flexibility index (Phi) is 8.24. The van der Waals surface area contributed by atoms with Crippen LogP contribution >= 0.6 is 0 Å². The molecule has 0 aromatic heterocycles. The second-order valence-corrected chi connectivity index (χ2v) is 3.71. The molecule has 0 fully saturated rings. The van der Waals surface area contributed by atoms with Crippen LogP contribution in [0.4, 0.5) is 0 Å². The lowest BCUT2D eigenvalue weighted by atomic mass is 10.2. The molecule has 0 rings (SSSR count). The molecule has 6 nitrogen and oxygen atoms in total. The van der Waals surface area contributed by atoms with Crippen LogP contribution in [0.2, 0.25) is 0 Å². The van der Waals surface area contributed by atoms with Gasteiger partial charge in [0.1, 0.15) is 0 Å². The molecule has 0 radical (unpaired) electrons. The van der Waals surface area contributed by atoms with E-state index < -0.39 is 23.9 Å². The van der Waals surface area contributed by atoms with Crippen molar-refractivity contribution in [3.63, 3.8) is 0 Å². The maximum atomic E-state index is 11.8. The van der Waals surface area contributed by atoms with Crippen LogP contribution in [0, 0.1) is 0 Å². The lowest BCUT2D eigenvalue weighted by Crippen LogP contribution is -2.48. The molecule has 0 unspecified atom stereocenters. The van der Waals surface area contributed by atoms with E-state index in [1.807, 2.05) is 6.92 Å². The molecule has 0 saturated carbocycles. The minimum Gasteiger partial charge on any atom is -0.464 e. The summed E-state index contributed by atoms with van der Waals surface area (Å²) in [6.07, 6.45) is 2.38. The van der Waals surface area contributed by atoms with Crippen molar-refractivity contribution < 1.29 is 23.9 Å². The van der Waals surface area contributed by atoms with Crippen molar-refractivity contribution in [2.45, 2.75) is 40.2 Å². The van der Waals surface area contributed by atoms with Gasteiger partial charge in [0.25, 0.3) is 0 Å². The van der Waals surface area contributed by atoms with Crippen molar-refractivity contribution in [2.75, 3.05) is 13.2 Å². The van der Waals surface area contributed by atoms with Crippen LogP contribution in [-0.2, 0) is 23.9 Å². The quantitative estimate of drug-likeness (QED) is 0.423. The predicted molar refractivity (Wildman–Crippen MR) is 69.2 cm³/mol. The first kappa shape index (κ1) is 17.2. The number of hydrogen-bond acceptors (Lipinski definition) is 5. The van der Waals surface area contributed by atoms with Gasteiger partial charge in [-0.05, 0) is 27.2 Å². The number of rotatable bonds is 7. The summed E-state index contributed by atoms with van der Waals surface area (Å²) < 4.78 is 9.48. The van der Waals surface area contributed by atoms with Gasteiger partial charge < -0.3 is 14.8 Å². The van der Waals surface area contributed by atoms with Gasteiger partial charge in [0.2, 0.25) is 11.9 Å². The van der Waals surface area contributed by atoms with Crippen LogP contribution < -0.4 is 5.32 Å². The average Bonchev–Trinajstić information content (AvgIpc) is 2.36. The topological polar surface area (TPSA) is 81.7 Å². The molecule has 1 amide bonds. The Bertz CT molecular complexity index is 344. The van der Waals surface area contributed by atoms with Crippen LogP contribution in [0.15, 0.2) is 11.6 Å². The number of nitrogens with one attached hydrogen (secondary N) is 1. The van der Waals surface area contributed by atoms with Crippen LogP contribution in [0.5, 0.6) is 0 Å². The lowest BCUT2D eigenvalue weighted by Gasteiger charge is -2.16. The second kappa shape index (κ2) is 9.13. The molecule has 0 aliphatic carbocycles. The van der Waals surface area contributed by atoms with Crippen LogP contribution in [0.25, 0.3) is 0 Å². The first-order valence-electron chi connectivity index (χ1n) is 6.28. The van der Waals surface area contributed by atoms with E-state index in [1.54, 1.807) is 26.8 Å². The molecule has 1 N–H and O–H groups in total. The number of allylic oxidation sites excluding steroid dienone is 1. The van der Waals surface area contributed by atoms with Gasteiger partial charge in [-0.3, -0.25) is 4.79 Å². The zero-order valence-corrected chi connectivity index (χ0v) is 11.8. The fraction of sp³-hybridized carbons (Fsp3) is 0.615. The third-order valence-electron chi connectivity index (χ3n) is 2.19. The van der Waals surface area contributed by atoms with Gasteiger partial charge in [-0.25, -0.2) is 9.59 Å². The Morgan fingerprint density at radius 3 is 1.89 bits per heavy atom. The monoisotopic (exact) mass is 271 g/mol. The van der Waals surface area contributed by atoms with Crippen LogP contribution in [-0.4, -0.2) is 37.1 Å². The summed E-state index contributed by atoms with van der Waals surface area (Å²) in [6, 6.07) is -1.42. The van der Waals surface area contributed by atoms with Gasteiger partial charge in [0.15, 0.2) is 0 Å². The number of amides is 1. The Balaban J connectivity index is 4.85. The van der Waals surface area contributed by atoms with E-state index >= 15 is 0 Å². The van der Waals surface area contributed by atoms with E-state index in [9.17, 15) is 14.4 Å². The summed E-state index contributed by atoms with van der Waals surface area (Å²) in [6.45, 7) is 6.95. The largest absolute Gasteiger partial charge is 0.464 e. The summed E-state index contributed by atoms with van der Waals surface area (Å²) in [5.74, 6) is -2.13. The van der Waals surface area contributed by atoms with Gasteiger partial charge in [-0.15, -0.1) is 0 Å². The molecule has 19 heavy (non-hydrogen) atoms. The molecule has 0 atom stereocenters. The molecule has 0 spiro atoms. The third kappa shape index (κ3) is 6.03. The normalized spacial score (nSPS) is 11.1. The maximum absolute atomic E-state index is 11.8. The molecule has 0 saturated heterocycles. The van der Waals surface area contributed by atoms with E-state index in [4.69, 9.17) is 9.47 Å². The maximum Gasteiger partial charge on any atom is 0.340 e. The van der Waals surface area contributed by atoms with E-state index in [-0.39, 0.29) is 13.2 Å². The van der Waals surface area contributed by atoms with Gasteiger partial charge in [0, 0.05) is 5.57 Å². The third-order valence-corrected chi connectivity index (χ3v) is 2.19. The first-order valence-corrected chi connectivity index (χ1v) is 6.28. The number of esters is 2. The fourth-order valence-electron chi connectivity index (χ4n) is 1.31. The first-order chi connectivity index (χ1) is 8.97. The fourth-order valence-corrected chi connectivity index (χ4v) is 1.31. The number of carbonyl (C=O) groups excluding carboxylic acids is 3. The molecular weight excluding hydrogens is 250 g/mol. The van der Waals surface area contributed by atoms with Crippen molar-refractivity contribution in [1.29, 1.82) is 0 Å². The van der Waals surface area contributed by atoms with E-state index in [0.717, 1.165) is 0 Å². The van der Waals surface area contributed by atoms with Crippen LogP contribution in [0.3, 0.4) is 0 Å². The van der Waals surface area contributed by atoms with Crippen molar-refractivity contribution in [1.82, 2.24) is 5.32 Å². The van der Waals surface area contributed by atoms with Gasteiger partial charge in [-0.1, -0.05) is 13.0 Å². The zero-order valence-electron chi connectivity index (χ0n) is 11.8. The highest BCUT2D eigenvalue weighted by atomic mass is 16.6. The molecule has 0 aliphatic heterocycles. The van der Waals surface area contributed by atoms with Gasteiger partial charge in [-0.2, -0.15) is 0 Å². The summed E-state index contributed by atoms with van der Waals surface area (Å²) >= 11 is 0. The highest BCUT2D eigenvalue weighted by Crippen LogP contribution is 2.00. The van der Waals surface area contributed by atoms with E-state index in [0.29, 0.717) is 12.0 Å². The Hall–Kier alpha value is -1.85. The van der Waals surface area contributed by atoms with Crippen molar-refractivity contribution >= 4 is 17.8 Å². The lowest BCUT2D eigenvalue weighted by molar-refractivity contribution is -0.159. The predicted octanol–water partition coefficient (Wildman–Crippen LogP) is 0.954. The minimum absolute atomic E-state index is 0.119. The zero-order chi connectivity index (χ0) is 14.8. The number of hydrogen-bond donors (Lipinski definition) is 1. The number of ether oxygens (including phenoxy) is 2. The molecule has 6 heteroatoms. The van der Waals surface area contributed by atoms with Crippen molar-refractivity contribution in [2.24, 2.45) is 0 Å².